The van der Waals surface area contributed by atoms with Gasteiger partial charge in [-0.15, -0.1) is 0 Å². The third-order valence-corrected chi connectivity index (χ3v) is 7.31. The zero-order chi connectivity index (χ0) is 20.0. The van der Waals surface area contributed by atoms with Crippen molar-refractivity contribution in [3.8, 4) is 11.1 Å². The van der Waals surface area contributed by atoms with E-state index in [-0.39, 0.29) is 5.56 Å². The normalized spacial score (nSPS) is 17.8. The van der Waals surface area contributed by atoms with E-state index >= 15 is 0 Å². The zero-order valence-electron chi connectivity index (χ0n) is 17.1. The van der Waals surface area contributed by atoms with E-state index in [1.807, 2.05) is 25.5 Å². The SMILES string of the molecule is CCSNc1ccc(N2CCC3(CC2)CC3)c(-c2cn(C)c(=O)c3[nH]ccc23)c1. The van der Waals surface area contributed by atoms with Crippen LogP contribution >= 0.6 is 11.9 Å². The van der Waals surface area contributed by atoms with Gasteiger partial charge < -0.3 is 19.2 Å². The van der Waals surface area contributed by atoms with Crippen molar-refractivity contribution in [2.24, 2.45) is 12.5 Å². The van der Waals surface area contributed by atoms with Crippen molar-refractivity contribution < 1.29 is 0 Å². The monoisotopic (exact) mass is 408 g/mol. The number of nitrogens with one attached hydrogen (secondary N) is 2. The lowest BCUT2D eigenvalue weighted by molar-refractivity contribution is 0.384. The summed E-state index contributed by atoms with van der Waals surface area (Å²) in [5.41, 5.74) is 6.01. The first kappa shape index (κ1) is 18.7. The summed E-state index contributed by atoms with van der Waals surface area (Å²) < 4.78 is 5.14. The van der Waals surface area contributed by atoms with Crippen LogP contribution < -0.4 is 15.2 Å². The minimum absolute atomic E-state index is 0.0137. The predicted molar refractivity (Wildman–Crippen MR) is 124 cm³/mol. The second-order valence-corrected chi connectivity index (χ2v) is 9.55. The van der Waals surface area contributed by atoms with E-state index in [0.29, 0.717) is 10.9 Å². The highest BCUT2D eigenvalue weighted by atomic mass is 32.2. The Balaban J connectivity index is 1.62. The van der Waals surface area contributed by atoms with Gasteiger partial charge in [-0.05, 0) is 55.4 Å². The van der Waals surface area contributed by atoms with Crippen LogP contribution in [-0.2, 0) is 7.05 Å². The summed E-state index contributed by atoms with van der Waals surface area (Å²) in [6.07, 6.45) is 9.27. The molecule has 0 bridgehead atoms. The van der Waals surface area contributed by atoms with Crippen molar-refractivity contribution in [1.82, 2.24) is 9.55 Å². The second kappa shape index (κ2) is 7.17. The van der Waals surface area contributed by atoms with E-state index in [0.717, 1.165) is 35.5 Å². The number of anilines is 2. The van der Waals surface area contributed by atoms with Gasteiger partial charge in [-0.3, -0.25) is 4.79 Å². The summed E-state index contributed by atoms with van der Waals surface area (Å²) in [7, 11) is 1.83. The average Bonchev–Trinajstić information content (AvgIpc) is 3.30. The predicted octanol–water partition coefficient (Wildman–Crippen LogP) is 4.99. The van der Waals surface area contributed by atoms with Crippen LogP contribution in [0.15, 0.2) is 41.5 Å². The first-order valence-corrected chi connectivity index (χ1v) is 11.5. The quantitative estimate of drug-likeness (QED) is 0.584. The highest BCUT2D eigenvalue weighted by Gasteiger charge is 2.44. The van der Waals surface area contributed by atoms with Crippen molar-refractivity contribution in [3.63, 3.8) is 0 Å². The lowest BCUT2D eigenvalue weighted by Crippen LogP contribution is -2.34. The van der Waals surface area contributed by atoms with Crippen LogP contribution in [0.5, 0.6) is 0 Å². The number of aromatic nitrogens is 2. The van der Waals surface area contributed by atoms with Crippen LogP contribution in [0, 0.1) is 5.41 Å². The Labute approximate surface area is 175 Å². The largest absolute Gasteiger partial charge is 0.371 e. The fraction of sp³-hybridized carbons (Fsp3) is 0.435. The molecule has 6 heteroatoms. The third-order valence-electron chi connectivity index (χ3n) is 6.64. The molecular weight excluding hydrogens is 380 g/mol. The molecule has 0 atom stereocenters. The first-order valence-electron chi connectivity index (χ1n) is 10.5. The molecule has 2 N–H and O–H groups in total. The van der Waals surface area contributed by atoms with Gasteiger partial charge in [-0.1, -0.05) is 18.9 Å². The highest BCUT2D eigenvalue weighted by molar-refractivity contribution is 8.00. The van der Waals surface area contributed by atoms with Crippen LogP contribution in [-0.4, -0.2) is 28.4 Å². The minimum atomic E-state index is 0.0137. The number of aromatic amines is 1. The van der Waals surface area contributed by atoms with Gasteiger partial charge in [-0.2, -0.15) is 0 Å². The summed E-state index contributed by atoms with van der Waals surface area (Å²) in [5, 5.41) is 0.991. The highest BCUT2D eigenvalue weighted by Crippen LogP contribution is 2.54. The molecule has 3 heterocycles. The molecule has 2 aliphatic rings. The molecule has 1 aliphatic carbocycles. The first-order chi connectivity index (χ1) is 14.1. The third kappa shape index (κ3) is 3.33. The lowest BCUT2D eigenvalue weighted by Gasteiger charge is -2.35. The maximum Gasteiger partial charge on any atom is 0.274 e. The molecule has 2 aromatic heterocycles. The van der Waals surface area contributed by atoms with Gasteiger partial charge in [0.1, 0.15) is 5.52 Å². The molecule has 152 valence electrons. The molecular formula is C23H28N4OS. The van der Waals surface area contributed by atoms with Crippen LogP contribution in [0.25, 0.3) is 22.0 Å². The van der Waals surface area contributed by atoms with Crippen LogP contribution in [0.3, 0.4) is 0 Å². The summed E-state index contributed by atoms with van der Waals surface area (Å²) in [6, 6.07) is 8.69. The Morgan fingerprint density at radius 1 is 1.14 bits per heavy atom. The summed E-state index contributed by atoms with van der Waals surface area (Å²) in [4.78, 5) is 18.2. The molecule has 0 unspecified atom stereocenters. The van der Waals surface area contributed by atoms with Crippen molar-refractivity contribution >= 4 is 34.2 Å². The standard InChI is InChI=1S/C23H28N4OS/c1-3-29-25-16-4-5-20(27-12-9-23(7-8-23)10-13-27)18(14-16)19-15-26(2)22(28)21-17(19)6-11-24-21/h4-6,11,14-15,24-25H,3,7-10,12-13H2,1-2H3. The van der Waals surface area contributed by atoms with Crippen molar-refractivity contribution in [1.29, 1.82) is 0 Å². The molecule has 1 spiro atoms. The Morgan fingerprint density at radius 3 is 2.66 bits per heavy atom. The smallest absolute Gasteiger partial charge is 0.274 e. The minimum Gasteiger partial charge on any atom is -0.371 e. The summed E-state index contributed by atoms with van der Waals surface area (Å²) in [6.45, 7) is 4.38. The number of pyridine rings is 1. The van der Waals surface area contributed by atoms with Gasteiger partial charge in [-0.25, -0.2) is 0 Å². The lowest BCUT2D eigenvalue weighted by atomic mass is 9.92. The molecule has 0 amide bonds. The van der Waals surface area contributed by atoms with Crippen LogP contribution in [0.1, 0.15) is 32.6 Å². The Bertz CT molecular complexity index is 1100. The molecule has 1 aliphatic heterocycles. The van der Waals surface area contributed by atoms with E-state index in [2.05, 4.69) is 39.7 Å². The zero-order valence-corrected chi connectivity index (χ0v) is 17.9. The number of benzene rings is 1. The maximum atomic E-state index is 12.6. The van der Waals surface area contributed by atoms with Gasteiger partial charge in [0.2, 0.25) is 0 Å². The number of nitrogens with zero attached hydrogens (tertiary/aromatic N) is 2. The van der Waals surface area contributed by atoms with E-state index in [4.69, 9.17) is 0 Å². The molecule has 5 nitrogen and oxygen atoms in total. The fourth-order valence-corrected chi connectivity index (χ4v) is 5.07. The van der Waals surface area contributed by atoms with Gasteiger partial charge in [0.05, 0.1) is 0 Å². The Kier molecular flexibility index (Phi) is 4.62. The van der Waals surface area contributed by atoms with Crippen molar-refractivity contribution in [2.45, 2.75) is 32.6 Å². The van der Waals surface area contributed by atoms with E-state index in [9.17, 15) is 4.79 Å². The number of aryl methyl sites for hydroxylation is 1. The molecule has 1 saturated carbocycles. The number of hydrogen-bond acceptors (Lipinski definition) is 4. The van der Waals surface area contributed by atoms with Crippen LogP contribution in [0.2, 0.25) is 0 Å². The Hall–Kier alpha value is -2.34. The van der Waals surface area contributed by atoms with Crippen LogP contribution in [0.4, 0.5) is 11.4 Å². The molecule has 5 rings (SSSR count). The van der Waals surface area contributed by atoms with E-state index in [1.54, 1.807) is 16.5 Å². The van der Waals surface area contributed by atoms with E-state index < -0.39 is 0 Å². The second-order valence-electron chi connectivity index (χ2n) is 8.48. The van der Waals surface area contributed by atoms with Gasteiger partial charge in [0, 0.05) is 66.2 Å². The van der Waals surface area contributed by atoms with Gasteiger partial charge in [0.15, 0.2) is 0 Å². The molecule has 3 aromatic rings. The molecule has 2 fully saturated rings. The number of fused-ring (bicyclic) bond motifs is 1. The number of hydrogen-bond donors (Lipinski definition) is 2. The van der Waals surface area contributed by atoms with E-state index in [1.165, 1.54) is 36.9 Å². The number of H-pyrrole nitrogens is 1. The summed E-state index contributed by atoms with van der Waals surface area (Å²) in [5.74, 6) is 1.01. The maximum absolute atomic E-state index is 12.6. The van der Waals surface area contributed by atoms with Gasteiger partial charge >= 0.3 is 0 Å². The number of piperidine rings is 1. The Morgan fingerprint density at radius 2 is 1.93 bits per heavy atom. The average molecular weight is 409 g/mol. The summed E-state index contributed by atoms with van der Waals surface area (Å²) >= 11 is 1.70. The fourth-order valence-electron chi connectivity index (χ4n) is 4.63. The van der Waals surface area contributed by atoms with Crippen molar-refractivity contribution in [3.05, 3.63) is 47.0 Å². The molecule has 1 aromatic carbocycles. The molecule has 1 saturated heterocycles. The number of rotatable bonds is 5. The van der Waals surface area contributed by atoms with Gasteiger partial charge in [0.25, 0.3) is 5.56 Å². The molecule has 0 radical (unpaired) electrons. The molecule has 29 heavy (non-hydrogen) atoms. The topological polar surface area (TPSA) is 53.1 Å². The van der Waals surface area contributed by atoms with Crippen molar-refractivity contribution in [2.75, 3.05) is 28.5 Å².